The zero-order valence-electron chi connectivity index (χ0n) is 7.38. The molecule has 0 spiro atoms. The Morgan fingerprint density at radius 1 is 1.69 bits per heavy atom. The van der Waals surface area contributed by atoms with Crippen molar-refractivity contribution in [3.05, 3.63) is 41.2 Å². The highest BCUT2D eigenvalue weighted by molar-refractivity contribution is 6.33. The van der Waals surface area contributed by atoms with Gasteiger partial charge in [0.1, 0.15) is 5.69 Å². The second-order valence-corrected chi connectivity index (χ2v) is 3.30. The molecule has 0 amide bonds. The first-order chi connectivity index (χ1) is 6.11. The molecule has 0 aromatic carbocycles. The Labute approximate surface area is 82.3 Å². The van der Waals surface area contributed by atoms with Crippen molar-refractivity contribution >= 4 is 17.4 Å². The van der Waals surface area contributed by atoms with Gasteiger partial charge in [0, 0.05) is 12.6 Å². The van der Waals surface area contributed by atoms with Gasteiger partial charge in [0.25, 0.3) is 0 Å². The van der Waals surface area contributed by atoms with Gasteiger partial charge in [-0.25, -0.2) is 0 Å². The molecule has 0 aliphatic carbocycles. The molecule has 0 aliphatic heterocycles. The number of pyridine rings is 1. The molecular formula is C10H10ClNO. The van der Waals surface area contributed by atoms with Gasteiger partial charge in [-0.2, -0.15) is 0 Å². The number of hydrogen-bond donors (Lipinski definition) is 0. The fourth-order valence-corrected chi connectivity index (χ4v) is 1.18. The van der Waals surface area contributed by atoms with E-state index in [1.54, 1.807) is 25.3 Å². The summed E-state index contributed by atoms with van der Waals surface area (Å²) in [5.41, 5.74) is 1.14. The van der Waals surface area contributed by atoms with E-state index in [0.29, 0.717) is 17.1 Å². The molecule has 1 rings (SSSR count). The maximum absolute atomic E-state index is 11.5. The molecule has 3 heteroatoms. The predicted octanol–water partition coefficient (Wildman–Crippen LogP) is 2.88. The van der Waals surface area contributed by atoms with E-state index in [2.05, 4.69) is 11.6 Å². The van der Waals surface area contributed by atoms with Crippen LogP contribution in [0.4, 0.5) is 0 Å². The van der Waals surface area contributed by atoms with E-state index in [1.165, 1.54) is 0 Å². The molecule has 0 saturated heterocycles. The average molecular weight is 196 g/mol. The molecule has 13 heavy (non-hydrogen) atoms. The van der Waals surface area contributed by atoms with E-state index in [1.807, 2.05) is 0 Å². The smallest absolute Gasteiger partial charge is 0.186 e. The van der Waals surface area contributed by atoms with Crippen LogP contribution in [0.1, 0.15) is 23.8 Å². The van der Waals surface area contributed by atoms with E-state index in [0.717, 1.165) is 5.57 Å². The van der Waals surface area contributed by atoms with Crippen LogP contribution in [0.15, 0.2) is 30.5 Å². The molecule has 1 aromatic heterocycles. The van der Waals surface area contributed by atoms with Gasteiger partial charge in [0.2, 0.25) is 0 Å². The van der Waals surface area contributed by atoms with Crippen LogP contribution in [0.25, 0.3) is 0 Å². The minimum absolute atomic E-state index is 0.0851. The highest BCUT2D eigenvalue weighted by atomic mass is 35.5. The SMILES string of the molecule is C=C(C)CC(=O)c1ncccc1Cl. The minimum Gasteiger partial charge on any atom is -0.292 e. The molecule has 68 valence electrons. The third-order valence-corrected chi connectivity index (χ3v) is 1.79. The average Bonchev–Trinajstić information content (AvgIpc) is 2.03. The van der Waals surface area contributed by atoms with Crippen molar-refractivity contribution in [2.45, 2.75) is 13.3 Å². The van der Waals surface area contributed by atoms with Crippen LogP contribution in [0.2, 0.25) is 5.02 Å². The number of halogens is 1. The van der Waals surface area contributed by atoms with Crippen LogP contribution in [0, 0.1) is 0 Å². The molecule has 2 nitrogen and oxygen atoms in total. The van der Waals surface area contributed by atoms with E-state index >= 15 is 0 Å². The first kappa shape index (κ1) is 9.93. The van der Waals surface area contributed by atoms with Crippen molar-refractivity contribution in [1.29, 1.82) is 0 Å². The van der Waals surface area contributed by atoms with Gasteiger partial charge >= 0.3 is 0 Å². The highest BCUT2D eigenvalue weighted by Crippen LogP contribution is 2.15. The molecule has 1 heterocycles. The first-order valence-electron chi connectivity index (χ1n) is 3.89. The van der Waals surface area contributed by atoms with Gasteiger partial charge in [0.15, 0.2) is 5.78 Å². The summed E-state index contributed by atoms with van der Waals surface area (Å²) >= 11 is 5.79. The summed E-state index contributed by atoms with van der Waals surface area (Å²) in [7, 11) is 0. The quantitative estimate of drug-likeness (QED) is 0.549. The third kappa shape index (κ3) is 2.67. The molecule has 0 radical (unpaired) electrons. The van der Waals surface area contributed by atoms with Crippen molar-refractivity contribution in [2.24, 2.45) is 0 Å². The van der Waals surface area contributed by atoms with Crippen molar-refractivity contribution in [3.8, 4) is 0 Å². The van der Waals surface area contributed by atoms with Crippen LogP contribution >= 0.6 is 11.6 Å². The number of carbonyl (C=O) groups is 1. The van der Waals surface area contributed by atoms with Crippen LogP contribution in [0.5, 0.6) is 0 Å². The number of aromatic nitrogens is 1. The first-order valence-corrected chi connectivity index (χ1v) is 4.27. The summed E-state index contributed by atoms with van der Waals surface area (Å²) in [4.78, 5) is 15.4. The molecular weight excluding hydrogens is 186 g/mol. The Morgan fingerprint density at radius 3 is 2.92 bits per heavy atom. The second-order valence-electron chi connectivity index (χ2n) is 2.89. The van der Waals surface area contributed by atoms with E-state index in [4.69, 9.17) is 11.6 Å². The van der Waals surface area contributed by atoms with Crippen molar-refractivity contribution in [2.75, 3.05) is 0 Å². The van der Waals surface area contributed by atoms with Crippen LogP contribution in [-0.2, 0) is 0 Å². The monoisotopic (exact) mass is 195 g/mol. The molecule has 0 saturated carbocycles. The largest absolute Gasteiger partial charge is 0.292 e. The Morgan fingerprint density at radius 2 is 2.38 bits per heavy atom. The normalized spacial score (nSPS) is 9.69. The molecule has 0 N–H and O–H groups in total. The zero-order valence-corrected chi connectivity index (χ0v) is 8.14. The lowest BCUT2D eigenvalue weighted by Gasteiger charge is -2.00. The third-order valence-electron chi connectivity index (χ3n) is 1.48. The lowest BCUT2D eigenvalue weighted by Crippen LogP contribution is -2.02. The predicted molar refractivity (Wildman–Crippen MR) is 53.0 cm³/mol. The topological polar surface area (TPSA) is 30.0 Å². The van der Waals surface area contributed by atoms with E-state index in [-0.39, 0.29) is 5.78 Å². The van der Waals surface area contributed by atoms with Crippen LogP contribution in [0.3, 0.4) is 0 Å². The van der Waals surface area contributed by atoms with Crippen LogP contribution in [-0.4, -0.2) is 10.8 Å². The molecule has 0 fully saturated rings. The van der Waals surface area contributed by atoms with E-state index < -0.39 is 0 Å². The number of carbonyl (C=O) groups excluding carboxylic acids is 1. The number of nitrogens with zero attached hydrogens (tertiary/aromatic N) is 1. The summed E-state index contributed by atoms with van der Waals surface area (Å²) in [6.07, 6.45) is 1.86. The Balaban J connectivity index is 2.89. The van der Waals surface area contributed by atoms with Crippen molar-refractivity contribution < 1.29 is 4.79 Å². The number of allylic oxidation sites excluding steroid dienone is 1. The van der Waals surface area contributed by atoms with Gasteiger partial charge in [-0.1, -0.05) is 23.8 Å². The molecule has 0 atom stereocenters. The highest BCUT2D eigenvalue weighted by Gasteiger charge is 2.10. The summed E-state index contributed by atoms with van der Waals surface area (Å²) < 4.78 is 0. The molecule has 0 bridgehead atoms. The number of rotatable bonds is 3. The Bertz CT molecular complexity index is 347. The van der Waals surface area contributed by atoms with Crippen molar-refractivity contribution in [3.63, 3.8) is 0 Å². The lowest BCUT2D eigenvalue weighted by molar-refractivity contribution is 0.0988. The standard InChI is InChI=1S/C10H10ClNO/c1-7(2)6-9(13)10-8(11)4-3-5-12-10/h3-5H,1,6H2,2H3. The number of hydrogen-bond acceptors (Lipinski definition) is 2. The molecule has 1 aromatic rings. The summed E-state index contributed by atoms with van der Waals surface area (Å²) in [5.74, 6) is -0.0851. The van der Waals surface area contributed by atoms with Crippen molar-refractivity contribution in [1.82, 2.24) is 4.98 Å². The maximum Gasteiger partial charge on any atom is 0.186 e. The van der Waals surface area contributed by atoms with Gasteiger partial charge in [-0.05, 0) is 19.1 Å². The van der Waals surface area contributed by atoms with Crippen LogP contribution < -0.4 is 0 Å². The fraction of sp³-hybridized carbons (Fsp3) is 0.200. The summed E-state index contributed by atoms with van der Waals surface area (Å²) in [6.45, 7) is 5.46. The van der Waals surface area contributed by atoms with Gasteiger partial charge in [-0.15, -0.1) is 0 Å². The molecule has 0 aliphatic rings. The second kappa shape index (κ2) is 4.19. The Hall–Kier alpha value is -1.15. The zero-order chi connectivity index (χ0) is 9.84. The minimum atomic E-state index is -0.0851. The maximum atomic E-state index is 11.5. The Kier molecular flexibility index (Phi) is 3.20. The summed E-state index contributed by atoms with van der Waals surface area (Å²) in [6, 6.07) is 3.35. The van der Waals surface area contributed by atoms with Gasteiger partial charge in [0.05, 0.1) is 5.02 Å². The number of Topliss-reactive ketones (excluding diaryl/α,β-unsaturated/α-hetero) is 1. The lowest BCUT2D eigenvalue weighted by atomic mass is 10.1. The van der Waals surface area contributed by atoms with E-state index in [9.17, 15) is 4.79 Å². The fourth-order valence-electron chi connectivity index (χ4n) is 0.949. The molecule has 0 unspecified atom stereocenters. The van der Waals surface area contributed by atoms with Gasteiger partial charge < -0.3 is 0 Å². The van der Waals surface area contributed by atoms with Gasteiger partial charge in [-0.3, -0.25) is 9.78 Å². The number of ketones is 1. The summed E-state index contributed by atoms with van der Waals surface area (Å²) in [5, 5.41) is 0.397.